The third-order valence-corrected chi connectivity index (χ3v) is 6.65. The molecule has 0 spiro atoms. The number of ketones is 1. The number of nitrogen functional groups attached to an aromatic ring is 1. The Labute approximate surface area is 225 Å². The van der Waals surface area contributed by atoms with Crippen LogP contribution in [0.2, 0.25) is 10.0 Å². The van der Waals surface area contributed by atoms with E-state index in [0.29, 0.717) is 24.3 Å². The summed E-state index contributed by atoms with van der Waals surface area (Å²) in [6.45, 7) is 0.330. The predicted molar refractivity (Wildman–Crippen MR) is 136 cm³/mol. The third kappa shape index (κ3) is 6.35. The van der Waals surface area contributed by atoms with E-state index in [0.717, 1.165) is 6.07 Å². The average molecular weight is 568 g/mol. The number of pyridine rings is 2. The minimum absolute atomic E-state index is 0.0533. The van der Waals surface area contributed by atoms with Gasteiger partial charge in [0.05, 0.1) is 52.4 Å². The second-order valence-electron chi connectivity index (χ2n) is 8.80. The molecule has 3 aromatic rings. The van der Waals surface area contributed by atoms with Crippen LogP contribution in [0.1, 0.15) is 34.5 Å². The molecule has 200 valence electrons. The van der Waals surface area contributed by atoms with E-state index in [2.05, 4.69) is 20.6 Å². The molecule has 0 unspecified atom stereocenters. The standard InChI is InChI=1S/C25H22Cl2F3N5O3/c26-15-2-3-19(17(7-15)25(28,29)30)35-16-8-18(27)20(32-11-16)12-34-23(37)24(5-6-38-13-24)9-21(36)14-1-4-22(31)33-10-14/h1-4,7-8,10-11,35H,5-6,9,12-13H2,(H2,31,33)(H,34,37)/t24-/m0/s1. The Morgan fingerprint density at radius 2 is 1.89 bits per heavy atom. The van der Waals surface area contributed by atoms with Gasteiger partial charge in [-0.1, -0.05) is 23.2 Å². The van der Waals surface area contributed by atoms with Gasteiger partial charge < -0.3 is 21.1 Å². The summed E-state index contributed by atoms with van der Waals surface area (Å²) < 4.78 is 45.6. The predicted octanol–water partition coefficient (Wildman–Crippen LogP) is 5.42. The molecular formula is C25H22Cl2F3N5O3. The van der Waals surface area contributed by atoms with Crippen LogP contribution in [0.25, 0.3) is 0 Å². The largest absolute Gasteiger partial charge is 0.418 e. The molecule has 1 aromatic carbocycles. The molecule has 0 saturated carbocycles. The van der Waals surface area contributed by atoms with Gasteiger partial charge in [0, 0.05) is 29.8 Å². The highest BCUT2D eigenvalue weighted by Crippen LogP contribution is 2.38. The van der Waals surface area contributed by atoms with Crippen molar-refractivity contribution < 1.29 is 27.5 Å². The van der Waals surface area contributed by atoms with Gasteiger partial charge in [-0.3, -0.25) is 14.6 Å². The van der Waals surface area contributed by atoms with Crippen LogP contribution in [-0.4, -0.2) is 34.9 Å². The van der Waals surface area contributed by atoms with Crippen LogP contribution in [0.3, 0.4) is 0 Å². The molecule has 4 N–H and O–H groups in total. The fourth-order valence-corrected chi connectivity index (χ4v) is 4.42. The van der Waals surface area contributed by atoms with Crippen LogP contribution in [0.4, 0.5) is 30.4 Å². The number of nitrogens with zero attached hydrogens (tertiary/aromatic N) is 2. The van der Waals surface area contributed by atoms with Crippen molar-refractivity contribution in [1.29, 1.82) is 0 Å². The second-order valence-corrected chi connectivity index (χ2v) is 9.65. The van der Waals surface area contributed by atoms with E-state index in [4.69, 9.17) is 33.7 Å². The van der Waals surface area contributed by atoms with Gasteiger partial charge in [-0.15, -0.1) is 0 Å². The van der Waals surface area contributed by atoms with Crippen molar-refractivity contribution in [1.82, 2.24) is 15.3 Å². The first kappa shape index (κ1) is 27.6. The number of hydrogen-bond acceptors (Lipinski definition) is 7. The first-order valence-electron chi connectivity index (χ1n) is 11.4. The Balaban J connectivity index is 1.44. The average Bonchev–Trinajstić information content (AvgIpc) is 3.34. The number of nitrogens with two attached hydrogens (primary N) is 1. The first-order chi connectivity index (χ1) is 18.0. The molecule has 0 radical (unpaired) electrons. The number of nitrogens with one attached hydrogen (secondary N) is 2. The topological polar surface area (TPSA) is 119 Å². The van der Waals surface area contributed by atoms with Gasteiger partial charge in [-0.2, -0.15) is 13.2 Å². The van der Waals surface area contributed by atoms with E-state index < -0.39 is 23.1 Å². The fourth-order valence-electron chi connectivity index (χ4n) is 4.02. The lowest BCUT2D eigenvalue weighted by Crippen LogP contribution is -2.43. The second kappa shape index (κ2) is 11.1. The number of Topliss-reactive ketones (excluding diaryl/α,β-unsaturated/α-hetero) is 1. The zero-order chi connectivity index (χ0) is 27.5. The smallest absolute Gasteiger partial charge is 0.384 e. The Hall–Kier alpha value is -3.41. The van der Waals surface area contributed by atoms with Crippen LogP contribution in [0.5, 0.6) is 0 Å². The summed E-state index contributed by atoms with van der Waals surface area (Å²) in [6.07, 6.45) is -1.70. The Morgan fingerprint density at radius 1 is 1.11 bits per heavy atom. The van der Waals surface area contributed by atoms with Crippen LogP contribution >= 0.6 is 23.2 Å². The van der Waals surface area contributed by atoms with Gasteiger partial charge in [0.15, 0.2) is 5.78 Å². The van der Waals surface area contributed by atoms with Crippen molar-refractivity contribution in [2.24, 2.45) is 5.41 Å². The molecule has 3 heterocycles. The quantitative estimate of drug-likeness (QED) is 0.311. The lowest BCUT2D eigenvalue weighted by molar-refractivity contribution is -0.137. The Morgan fingerprint density at radius 3 is 2.53 bits per heavy atom. The van der Waals surface area contributed by atoms with E-state index in [-0.39, 0.29) is 52.6 Å². The summed E-state index contributed by atoms with van der Waals surface area (Å²) in [7, 11) is 0. The SMILES string of the molecule is Nc1ccc(C(=O)C[C@@]2(C(=O)NCc3ncc(Nc4ccc(Cl)cc4C(F)(F)F)cc3Cl)CCOC2)cn1. The Kier molecular flexibility index (Phi) is 8.10. The molecule has 0 bridgehead atoms. The van der Waals surface area contributed by atoms with E-state index in [1.165, 1.54) is 36.7 Å². The van der Waals surface area contributed by atoms with Crippen LogP contribution in [0, 0.1) is 5.41 Å². The number of aromatic nitrogens is 2. The Bertz CT molecular complexity index is 1350. The third-order valence-electron chi connectivity index (χ3n) is 6.09. The van der Waals surface area contributed by atoms with Gasteiger partial charge in [-0.05, 0) is 42.8 Å². The number of benzene rings is 1. The molecule has 4 rings (SSSR count). The molecule has 8 nitrogen and oxygen atoms in total. The summed E-state index contributed by atoms with van der Waals surface area (Å²) in [6, 6.07) is 7.81. The molecule has 1 aliphatic rings. The van der Waals surface area contributed by atoms with Gasteiger partial charge in [0.25, 0.3) is 0 Å². The monoisotopic (exact) mass is 567 g/mol. The van der Waals surface area contributed by atoms with Crippen molar-refractivity contribution in [2.75, 3.05) is 24.3 Å². The summed E-state index contributed by atoms with van der Waals surface area (Å²) in [5.74, 6) is -0.397. The van der Waals surface area contributed by atoms with Crippen LogP contribution in [-0.2, 0) is 22.3 Å². The van der Waals surface area contributed by atoms with Crippen molar-refractivity contribution >= 4 is 52.1 Å². The number of amides is 1. The lowest BCUT2D eigenvalue weighted by Gasteiger charge is -2.25. The lowest BCUT2D eigenvalue weighted by atomic mass is 9.80. The molecule has 1 amide bonds. The number of carbonyl (C=O) groups excluding carboxylic acids is 2. The van der Waals surface area contributed by atoms with Crippen molar-refractivity contribution in [3.05, 3.63) is 75.7 Å². The number of anilines is 3. The normalized spacial score (nSPS) is 17.3. The number of ether oxygens (including phenoxy) is 1. The highest BCUT2D eigenvalue weighted by molar-refractivity contribution is 6.31. The van der Waals surface area contributed by atoms with E-state index >= 15 is 0 Å². The zero-order valence-corrected chi connectivity index (χ0v) is 21.3. The molecular weight excluding hydrogens is 546 g/mol. The summed E-state index contributed by atoms with van der Waals surface area (Å²) in [4.78, 5) is 34.1. The van der Waals surface area contributed by atoms with Crippen molar-refractivity contribution in [2.45, 2.75) is 25.6 Å². The zero-order valence-electron chi connectivity index (χ0n) is 19.7. The number of alkyl halides is 3. The fraction of sp³-hybridized carbons (Fsp3) is 0.280. The number of halogens is 5. The highest BCUT2D eigenvalue weighted by Gasteiger charge is 2.44. The maximum Gasteiger partial charge on any atom is 0.418 e. The molecule has 1 saturated heterocycles. The molecule has 1 aliphatic heterocycles. The van der Waals surface area contributed by atoms with Gasteiger partial charge in [0.1, 0.15) is 5.82 Å². The summed E-state index contributed by atoms with van der Waals surface area (Å²) in [5.41, 5.74) is 4.18. The van der Waals surface area contributed by atoms with Crippen LogP contribution < -0.4 is 16.4 Å². The van der Waals surface area contributed by atoms with Crippen molar-refractivity contribution in [3.63, 3.8) is 0 Å². The minimum atomic E-state index is -4.62. The van der Waals surface area contributed by atoms with Crippen molar-refractivity contribution in [3.8, 4) is 0 Å². The maximum absolute atomic E-state index is 13.4. The molecule has 1 fully saturated rings. The summed E-state index contributed by atoms with van der Waals surface area (Å²) >= 11 is 12.0. The molecule has 2 aromatic heterocycles. The van der Waals surface area contributed by atoms with E-state index in [9.17, 15) is 22.8 Å². The number of hydrogen-bond donors (Lipinski definition) is 3. The molecule has 38 heavy (non-hydrogen) atoms. The molecule has 1 atom stereocenters. The van der Waals surface area contributed by atoms with E-state index in [1.807, 2.05) is 0 Å². The molecule has 0 aliphatic carbocycles. The number of carbonyl (C=O) groups is 2. The minimum Gasteiger partial charge on any atom is -0.384 e. The first-order valence-corrected chi connectivity index (χ1v) is 12.1. The maximum atomic E-state index is 13.4. The highest BCUT2D eigenvalue weighted by atomic mass is 35.5. The number of rotatable bonds is 8. The van der Waals surface area contributed by atoms with Crippen LogP contribution in [0.15, 0.2) is 48.8 Å². The van der Waals surface area contributed by atoms with Gasteiger partial charge >= 0.3 is 6.18 Å². The van der Waals surface area contributed by atoms with Gasteiger partial charge in [-0.25, -0.2) is 4.98 Å². The van der Waals surface area contributed by atoms with Gasteiger partial charge in [0.2, 0.25) is 5.91 Å². The summed E-state index contributed by atoms with van der Waals surface area (Å²) in [5, 5.41) is 5.48. The van der Waals surface area contributed by atoms with E-state index in [1.54, 1.807) is 6.07 Å². The molecule has 13 heteroatoms.